The van der Waals surface area contributed by atoms with Gasteiger partial charge in [0.25, 0.3) is 5.91 Å². The van der Waals surface area contributed by atoms with Crippen LogP contribution in [-0.4, -0.2) is 10.9 Å². The molecule has 0 saturated heterocycles. The molecule has 1 aliphatic rings. The lowest BCUT2D eigenvalue weighted by Crippen LogP contribution is -2.14. The highest BCUT2D eigenvalue weighted by atomic mass is 32.2. The topological polar surface area (TPSA) is 45.2 Å². The number of anilines is 2. The lowest BCUT2D eigenvalue weighted by molar-refractivity contribution is 0.102. The Kier molecular flexibility index (Phi) is 4.33. The number of rotatable bonds is 3. The van der Waals surface area contributed by atoms with Crippen molar-refractivity contribution < 1.29 is 9.18 Å². The molecule has 1 N–H and O–H groups in total. The molecule has 1 amide bonds. The van der Waals surface area contributed by atoms with Crippen LogP contribution >= 0.6 is 23.9 Å². The van der Waals surface area contributed by atoms with Crippen LogP contribution in [0.3, 0.4) is 0 Å². The number of carbonyl (C=O) groups is 1. The zero-order chi connectivity index (χ0) is 17.2. The normalized spacial score (nSPS) is 12.8. The predicted octanol–water partition coefficient (Wildman–Crippen LogP) is 5.01. The van der Waals surface area contributed by atoms with Crippen LogP contribution in [0.2, 0.25) is 0 Å². The number of benzene rings is 2. The SMILES string of the molecule is O=C(Nc1ccc(N2Sc3ccccc3S2)cc1F)c1ccccn1. The Bertz CT molecular complexity index is 912. The minimum Gasteiger partial charge on any atom is -0.318 e. The second kappa shape index (κ2) is 6.78. The monoisotopic (exact) mass is 369 g/mol. The van der Waals surface area contributed by atoms with Crippen molar-refractivity contribution in [2.24, 2.45) is 0 Å². The number of nitrogens with one attached hydrogen (secondary N) is 1. The third-order valence-electron chi connectivity index (χ3n) is 3.52. The fourth-order valence-electron chi connectivity index (χ4n) is 2.31. The fraction of sp³-hybridized carbons (Fsp3) is 0. The van der Waals surface area contributed by atoms with E-state index in [1.807, 2.05) is 28.0 Å². The van der Waals surface area contributed by atoms with E-state index < -0.39 is 11.7 Å². The smallest absolute Gasteiger partial charge is 0.274 e. The predicted molar refractivity (Wildman–Crippen MR) is 99.2 cm³/mol. The summed E-state index contributed by atoms with van der Waals surface area (Å²) in [6.45, 7) is 0. The molecule has 1 aromatic heterocycles. The summed E-state index contributed by atoms with van der Waals surface area (Å²) in [4.78, 5) is 18.3. The van der Waals surface area contributed by atoms with Gasteiger partial charge in [-0.3, -0.25) is 9.78 Å². The lowest BCUT2D eigenvalue weighted by atomic mass is 10.2. The van der Waals surface area contributed by atoms with Gasteiger partial charge >= 0.3 is 0 Å². The van der Waals surface area contributed by atoms with Crippen molar-refractivity contribution in [1.82, 2.24) is 4.98 Å². The van der Waals surface area contributed by atoms with Crippen molar-refractivity contribution >= 4 is 41.2 Å². The van der Waals surface area contributed by atoms with Crippen LogP contribution in [0.1, 0.15) is 10.5 Å². The highest BCUT2D eigenvalue weighted by molar-refractivity contribution is 8.20. The molecule has 0 bridgehead atoms. The number of aromatic nitrogens is 1. The first-order valence-electron chi connectivity index (χ1n) is 7.48. The summed E-state index contributed by atoms with van der Waals surface area (Å²) in [5.74, 6) is -0.927. The van der Waals surface area contributed by atoms with Crippen LogP contribution in [0, 0.1) is 5.82 Å². The Morgan fingerprint density at radius 2 is 1.72 bits per heavy atom. The van der Waals surface area contributed by atoms with Gasteiger partial charge in [0.2, 0.25) is 0 Å². The summed E-state index contributed by atoms with van der Waals surface area (Å²) in [6.07, 6.45) is 1.52. The van der Waals surface area contributed by atoms with Gasteiger partial charge in [0.1, 0.15) is 11.5 Å². The van der Waals surface area contributed by atoms with Gasteiger partial charge < -0.3 is 5.32 Å². The number of fused-ring (bicyclic) bond motifs is 1. The number of hydrogen-bond acceptors (Lipinski definition) is 5. The van der Waals surface area contributed by atoms with Crippen molar-refractivity contribution in [1.29, 1.82) is 0 Å². The second-order valence-corrected chi connectivity index (χ2v) is 7.43. The summed E-state index contributed by atoms with van der Waals surface area (Å²) in [5, 5.41) is 2.55. The van der Waals surface area contributed by atoms with Crippen LogP contribution in [0.4, 0.5) is 15.8 Å². The van der Waals surface area contributed by atoms with E-state index in [0.717, 1.165) is 15.5 Å². The van der Waals surface area contributed by atoms with E-state index in [9.17, 15) is 9.18 Å². The summed E-state index contributed by atoms with van der Waals surface area (Å²) >= 11 is 3.09. The maximum atomic E-state index is 14.4. The van der Waals surface area contributed by atoms with E-state index in [1.165, 1.54) is 12.3 Å². The molecule has 0 aliphatic carbocycles. The Balaban J connectivity index is 1.51. The summed E-state index contributed by atoms with van der Waals surface area (Å²) in [7, 11) is 0. The molecule has 0 fully saturated rings. The van der Waals surface area contributed by atoms with Crippen molar-refractivity contribution in [2.45, 2.75) is 9.79 Å². The van der Waals surface area contributed by atoms with Crippen LogP contribution in [0.5, 0.6) is 0 Å². The molecule has 3 aromatic rings. The number of amides is 1. The number of carbonyl (C=O) groups excluding carboxylic acids is 1. The molecule has 0 unspecified atom stereocenters. The molecular formula is C18H12FN3OS2. The van der Waals surface area contributed by atoms with Gasteiger partial charge in [-0.2, -0.15) is 0 Å². The average Bonchev–Trinajstić information content (AvgIpc) is 3.08. The zero-order valence-electron chi connectivity index (χ0n) is 12.8. The molecule has 2 aromatic carbocycles. The molecule has 0 saturated carbocycles. The number of halogens is 1. The van der Waals surface area contributed by atoms with Crippen molar-refractivity contribution in [3.8, 4) is 0 Å². The fourth-order valence-corrected chi connectivity index (χ4v) is 4.55. The van der Waals surface area contributed by atoms with Crippen LogP contribution in [0.25, 0.3) is 0 Å². The number of nitrogens with zero attached hydrogens (tertiary/aromatic N) is 2. The van der Waals surface area contributed by atoms with Gasteiger partial charge in [-0.15, -0.1) is 0 Å². The maximum Gasteiger partial charge on any atom is 0.274 e. The molecule has 0 spiro atoms. The van der Waals surface area contributed by atoms with Gasteiger partial charge in [0.15, 0.2) is 0 Å². The minimum atomic E-state index is -0.487. The van der Waals surface area contributed by atoms with Crippen molar-refractivity contribution in [2.75, 3.05) is 9.03 Å². The first kappa shape index (κ1) is 16.0. The van der Waals surface area contributed by atoms with Gasteiger partial charge in [-0.1, -0.05) is 18.2 Å². The van der Waals surface area contributed by atoms with Crippen LogP contribution in [0.15, 0.2) is 76.7 Å². The Morgan fingerprint density at radius 1 is 1.00 bits per heavy atom. The van der Waals surface area contributed by atoms with Crippen LogP contribution in [-0.2, 0) is 0 Å². The van der Waals surface area contributed by atoms with Gasteiger partial charge in [0.05, 0.1) is 11.4 Å². The molecule has 4 nitrogen and oxygen atoms in total. The van der Waals surface area contributed by atoms with E-state index in [0.29, 0.717) is 0 Å². The van der Waals surface area contributed by atoms with Crippen molar-refractivity contribution in [3.63, 3.8) is 0 Å². The van der Waals surface area contributed by atoms with Gasteiger partial charge in [-0.25, -0.2) is 8.10 Å². The first-order chi connectivity index (χ1) is 12.2. The van der Waals surface area contributed by atoms with Gasteiger partial charge in [-0.05, 0) is 36.4 Å². The average molecular weight is 369 g/mol. The molecule has 124 valence electrons. The standard InChI is InChI=1S/C18H12FN3OS2/c19-13-11-12(22-24-16-6-1-2-7-17(16)25-22)8-9-14(13)21-18(23)15-5-3-4-10-20-15/h1-11H,(H,21,23). The molecule has 0 radical (unpaired) electrons. The first-order valence-corrected chi connectivity index (χ1v) is 9.02. The quantitative estimate of drug-likeness (QED) is 0.658. The molecule has 4 rings (SSSR count). The molecular weight excluding hydrogens is 357 g/mol. The third kappa shape index (κ3) is 3.33. The minimum absolute atomic E-state index is 0.131. The lowest BCUT2D eigenvalue weighted by Gasteiger charge is -2.15. The number of pyridine rings is 1. The maximum absolute atomic E-state index is 14.4. The zero-order valence-corrected chi connectivity index (χ0v) is 14.5. The van der Waals surface area contributed by atoms with E-state index in [4.69, 9.17) is 0 Å². The third-order valence-corrected chi connectivity index (χ3v) is 5.96. The Hall–Kier alpha value is -2.51. The van der Waals surface area contributed by atoms with Crippen LogP contribution < -0.4 is 9.03 Å². The van der Waals surface area contributed by atoms with E-state index in [1.54, 1.807) is 54.2 Å². The largest absolute Gasteiger partial charge is 0.318 e. The molecule has 1 aliphatic heterocycles. The number of hydrogen-bond donors (Lipinski definition) is 1. The summed E-state index contributed by atoms with van der Waals surface area (Å²) < 4.78 is 16.4. The molecule has 7 heteroatoms. The van der Waals surface area contributed by atoms with E-state index in [2.05, 4.69) is 10.3 Å². The molecule has 2 heterocycles. The summed E-state index contributed by atoms with van der Waals surface area (Å²) in [6, 6.07) is 17.8. The van der Waals surface area contributed by atoms with Gasteiger partial charge in [0, 0.05) is 46.0 Å². The Morgan fingerprint density at radius 3 is 2.36 bits per heavy atom. The molecule has 0 atom stereocenters. The van der Waals surface area contributed by atoms with E-state index >= 15 is 0 Å². The highest BCUT2D eigenvalue weighted by Crippen LogP contribution is 2.49. The summed E-state index contributed by atoms with van der Waals surface area (Å²) in [5.41, 5.74) is 1.10. The Labute approximate surface area is 152 Å². The highest BCUT2D eigenvalue weighted by Gasteiger charge is 2.22. The molecule has 25 heavy (non-hydrogen) atoms. The second-order valence-electron chi connectivity index (χ2n) is 5.22. The van der Waals surface area contributed by atoms with Crippen molar-refractivity contribution in [3.05, 3.63) is 78.4 Å². The van der Waals surface area contributed by atoms with E-state index in [-0.39, 0.29) is 11.4 Å².